The van der Waals surface area contributed by atoms with Gasteiger partial charge in [-0.15, -0.1) is 0 Å². The molecule has 4 rings (SSSR count). The van der Waals surface area contributed by atoms with Gasteiger partial charge in [0.25, 0.3) is 11.8 Å². The molecule has 1 aliphatic heterocycles. The summed E-state index contributed by atoms with van der Waals surface area (Å²) in [7, 11) is 0. The molecule has 7 heteroatoms. The number of para-hydroxylation sites is 2. The minimum atomic E-state index is -0.768. The number of fused-ring (bicyclic) bond motifs is 1. The van der Waals surface area contributed by atoms with Gasteiger partial charge in [0.2, 0.25) is 6.10 Å². The molecule has 0 aromatic heterocycles. The number of ether oxygens (including phenoxy) is 2. The molecule has 0 spiro atoms. The van der Waals surface area contributed by atoms with Crippen molar-refractivity contribution >= 4 is 29.0 Å². The zero-order valence-electron chi connectivity index (χ0n) is 16.8. The fourth-order valence-corrected chi connectivity index (χ4v) is 3.07. The number of amides is 2. The second kappa shape index (κ2) is 8.71. The highest BCUT2D eigenvalue weighted by Gasteiger charge is 2.27. The van der Waals surface area contributed by atoms with Crippen LogP contribution in [0.2, 0.25) is 0 Å². The number of carbonyl (C=O) groups is 3. The fourth-order valence-electron chi connectivity index (χ4n) is 3.07. The Morgan fingerprint density at radius 2 is 1.35 bits per heavy atom. The fraction of sp³-hybridized carbons (Fsp3) is 0.125. The summed E-state index contributed by atoms with van der Waals surface area (Å²) < 4.78 is 11.3. The summed E-state index contributed by atoms with van der Waals surface area (Å²) in [5, 5.41) is 5.54. The Kier molecular flexibility index (Phi) is 5.66. The van der Waals surface area contributed by atoms with Gasteiger partial charge in [0, 0.05) is 22.5 Å². The van der Waals surface area contributed by atoms with Crippen LogP contribution in [0, 0.1) is 0 Å². The van der Waals surface area contributed by atoms with E-state index in [1.807, 2.05) is 12.1 Å². The molecule has 0 radical (unpaired) electrons. The first-order chi connectivity index (χ1) is 15.0. The zero-order valence-corrected chi connectivity index (χ0v) is 16.8. The highest BCUT2D eigenvalue weighted by atomic mass is 16.6. The lowest BCUT2D eigenvalue weighted by Gasteiger charge is -2.25. The van der Waals surface area contributed by atoms with Gasteiger partial charge >= 0.3 is 0 Å². The van der Waals surface area contributed by atoms with E-state index in [0.717, 1.165) is 0 Å². The van der Waals surface area contributed by atoms with Crippen LogP contribution >= 0.6 is 0 Å². The van der Waals surface area contributed by atoms with Crippen LogP contribution < -0.4 is 20.1 Å². The maximum Gasteiger partial charge on any atom is 0.269 e. The lowest BCUT2D eigenvalue weighted by Crippen LogP contribution is -2.40. The van der Waals surface area contributed by atoms with Crippen molar-refractivity contribution < 1.29 is 23.9 Å². The molecule has 0 unspecified atom stereocenters. The molecule has 0 fully saturated rings. The molecule has 0 bridgehead atoms. The standard InChI is InChI=1S/C24H20N2O5/c1-15(27)16-6-10-18(11-7-16)25-23(28)17-8-12-19(13-9-17)26-24(29)22-14-30-20-4-2-3-5-21(20)31-22/h2-13,22H,14H2,1H3,(H,25,28)(H,26,29)/t22-/m1/s1. The third kappa shape index (κ3) is 4.72. The number of nitrogens with one attached hydrogen (secondary N) is 2. The van der Waals surface area contributed by atoms with E-state index < -0.39 is 6.10 Å². The average Bonchev–Trinajstić information content (AvgIpc) is 2.79. The molecule has 7 nitrogen and oxygen atoms in total. The number of Topliss-reactive ketones (excluding diaryl/α,β-unsaturated/α-hetero) is 1. The van der Waals surface area contributed by atoms with Crippen LogP contribution in [0.3, 0.4) is 0 Å². The van der Waals surface area contributed by atoms with Gasteiger partial charge < -0.3 is 20.1 Å². The van der Waals surface area contributed by atoms with Crippen LogP contribution in [0.5, 0.6) is 11.5 Å². The minimum Gasteiger partial charge on any atom is -0.485 e. The van der Waals surface area contributed by atoms with Gasteiger partial charge in [-0.1, -0.05) is 12.1 Å². The molecule has 1 heterocycles. The first-order valence-electron chi connectivity index (χ1n) is 9.71. The number of anilines is 2. The summed E-state index contributed by atoms with van der Waals surface area (Å²) in [6.45, 7) is 1.60. The van der Waals surface area contributed by atoms with E-state index in [0.29, 0.717) is 34.0 Å². The number of hydrogen-bond acceptors (Lipinski definition) is 5. The monoisotopic (exact) mass is 416 g/mol. The van der Waals surface area contributed by atoms with Crippen LogP contribution in [0.4, 0.5) is 11.4 Å². The summed E-state index contributed by atoms with van der Waals surface area (Å²) in [6, 6.07) is 20.4. The van der Waals surface area contributed by atoms with Crippen LogP contribution in [-0.2, 0) is 4.79 Å². The van der Waals surface area contributed by atoms with Crippen molar-refractivity contribution in [2.24, 2.45) is 0 Å². The summed E-state index contributed by atoms with van der Waals surface area (Å²) in [5.74, 6) is 0.464. The largest absolute Gasteiger partial charge is 0.485 e. The van der Waals surface area contributed by atoms with Crippen molar-refractivity contribution in [3.8, 4) is 11.5 Å². The van der Waals surface area contributed by atoms with Gasteiger partial charge in [-0.3, -0.25) is 14.4 Å². The van der Waals surface area contributed by atoms with Crippen molar-refractivity contribution in [1.82, 2.24) is 0 Å². The maximum atomic E-state index is 12.5. The van der Waals surface area contributed by atoms with Crippen LogP contribution in [0.25, 0.3) is 0 Å². The van der Waals surface area contributed by atoms with E-state index in [-0.39, 0.29) is 24.2 Å². The van der Waals surface area contributed by atoms with E-state index in [9.17, 15) is 14.4 Å². The molecule has 1 aliphatic rings. The van der Waals surface area contributed by atoms with Gasteiger partial charge in [-0.05, 0) is 67.6 Å². The third-order valence-electron chi connectivity index (χ3n) is 4.76. The molecule has 3 aromatic carbocycles. The molecule has 1 atom stereocenters. The molecule has 0 saturated carbocycles. The lowest BCUT2D eigenvalue weighted by molar-refractivity contribution is -0.125. The van der Waals surface area contributed by atoms with Crippen LogP contribution in [0.15, 0.2) is 72.8 Å². The predicted octanol–water partition coefficient (Wildman–Crippen LogP) is 3.92. The van der Waals surface area contributed by atoms with Crippen LogP contribution in [0.1, 0.15) is 27.6 Å². The second-order valence-electron chi connectivity index (χ2n) is 7.02. The second-order valence-corrected chi connectivity index (χ2v) is 7.02. The molecule has 3 aromatic rings. The van der Waals surface area contributed by atoms with E-state index >= 15 is 0 Å². The molecule has 0 saturated heterocycles. The highest BCUT2D eigenvalue weighted by molar-refractivity contribution is 6.05. The molecular weight excluding hydrogens is 396 g/mol. The molecule has 156 valence electrons. The predicted molar refractivity (Wildman–Crippen MR) is 116 cm³/mol. The Balaban J connectivity index is 1.35. The van der Waals surface area contributed by atoms with E-state index in [4.69, 9.17) is 9.47 Å². The molecule has 2 N–H and O–H groups in total. The Bertz CT molecular complexity index is 1120. The Morgan fingerprint density at radius 3 is 2.00 bits per heavy atom. The molecule has 31 heavy (non-hydrogen) atoms. The number of carbonyl (C=O) groups excluding carboxylic acids is 3. The Morgan fingerprint density at radius 1 is 0.774 bits per heavy atom. The van der Waals surface area contributed by atoms with Gasteiger partial charge in [-0.2, -0.15) is 0 Å². The Labute approximate surface area is 179 Å². The Hall–Kier alpha value is -4.13. The molecular formula is C24H20N2O5. The minimum absolute atomic E-state index is 0.0371. The van der Waals surface area contributed by atoms with Gasteiger partial charge in [0.1, 0.15) is 6.61 Å². The topological polar surface area (TPSA) is 93.7 Å². The highest BCUT2D eigenvalue weighted by Crippen LogP contribution is 2.31. The summed E-state index contributed by atoms with van der Waals surface area (Å²) in [4.78, 5) is 36.3. The smallest absolute Gasteiger partial charge is 0.269 e. The summed E-state index contributed by atoms with van der Waals surface area (Å²) in [5.41, 5.74) is 2.13. The maximum absolute atomic E-state index is 12.5. The zero-order chi connectivity index (χ0) is 21.8. The van der Waals surface area contributed by atoms with Crippen LogP contribution in [-0.4, -0.2) is 30.3 Å². The first-order valence-corrected chi connectivity index (χ1v) is 9.71. The number of ketones is 1. The summed E-state index contributed by atoms with van der Waals surface area (Å²) in [6.07, 6.45) is -0.768. The van der Waals surface area contributed by atoms with Crippen molar-refractivity contribution in [3.05, 3.63) is 83.9 Å². The van der Waals surface area contributed by atoms with Crippen molar-refractivity contribution in [2.75, 3.05) is 17.2 Å². The quantitative estimate of drug-likeness (QED) is 0.615. The number of benzene rings is 3. The SMILES string of the molecule is CC(=O)c1ccc(NC(=O)c2ccc(NC(=O)[C@H]3COc4ccccc4O3)cc2)cc1. The molecule has 0 aliphatic carbocycles. The lowest BCUT2D eigenvalue weighted by atomic mass is 10.1. The normalized spacial score (nSPS) is 14.4. The van der Waals surface area contributed by atoms with E-state index in [1.54, 1.807) is 60.7 Å². The summed E-state index contributed by atoms with van der Waals surface area (Å²) >= 11 is 0. The number of hydrogen-bond donors (Lipinski definition) is 2. The first kappa shape index (κ1) is 20.2. The average molecular weight is 416 g/mol. The van der Waals surface area contributed by atoms with Gasteiger partial charge in [0.05, 0.1) is 0 Å². The van der Waals surface area contributed by atoms with Crippen molar-refractivity contribution in [2.45, 2.75) is 13.0 Å². The van der Waals surface area contributed by atoms with Crippen molar-refractivity contribution in [3.63, 3.8) is 0 Å². The number of rotatable bonds is 5. The van der Waals surface area contributed by atoms with Gasteiger partial charge in [-0.25, -0.2) is 0 Å². The van der Waals surface area contributed by atoms with Crippen molar-refractivity contribution in [1.29, 1.82) is 0 Å². The van der Waals surface area contributed by atoms with E-state index in [1.165, 1.54) is 6.92 Å². The van der Waals surface area contributed by atoms with E-state index in [2.05, 4.69) is 10.6 Å². The third-order valence-corrected chi connectivity index (χ3v) is 4.76. The molecule has 2 amide bonds. The van der Waals surface area contributed by atoms with Gasteiger partial charge in [0.15, 0.2) is 17.3 Å².